The minimum atomic E-state index is -0.0562. The van der Waals surface area contributed by atoms with Crippen LogP contribution in [0.25, 0.3) is 0 Å². The van der Waals surface area contributed by atoms with Gasteiger partial charge in [0.15, 0.2) is 0 Å². The maximum Gasteiger partial charge on any atom is 0.0760 e. The highest BCUT2D eigenvalue weighted by Crippen LogP contribution is 2.28. The van der Waals surface area contributed by atoms with Crippen LogP contribution in [0.5, 0.6) is 0 Å². The zero-order valence-corrected chi connectivity index (χ0v) is 11.7. The monoisotopic (exact) mass is 228 g/mol. The summed E-state index contributed by atoms with van der Waals surface area (Å²) in [5, 5.41) is 0. The quantitative estimate of drug-likeness (QED) is 0.801. The molecule has 1 aliphatic rings. The number of ether oxygens (including phenoxy) is 1. The predicted molar refractivity (Wildman–Crippen MR) is 68.5 cm³/mol. The van der Waals surface area contributed by atoms with Crippen molar-refractivity contribution >= 4 is 0 Å². The van der Waals surface area contributed by atoms with Crippen LogP contribution >= 0.6 is 0 Å². The van der Waals surface area contributed by atoms with Crippen LogP contribution in [0.2, 0.25) is 0 Å². The van der Waals surface area contributed by atoms with E-state index < -0.39 is 0 Å². The smallest absolute Gasteiger partial charge is 0.0760 e. The molecule has 0 amide bonds. The Bertz CT molecular complexity index is 220. The fourth-order valence-corrected chi connectivity index (χ4v) is 2.65. The van der Waals surface area contributed by atoms with E-state index in [4.69, 9.17) is 10.5 Å². The lowest BCUT2D eigenvalue weighted by molar-refractivity contribution is -0.182. The Balaban J connectivity index is 2.61. The predicted octanol–water partition coefficient (Wildman–Crippen LogP) is 1.86. The molecule has 3 heteroatoms. The fraction of sp³-hybridized carbons (Fsp3) is 1.00. The van der Waals surface area contributed by atoms with Gasteiger partial charge in [0, 0.05) is 25.7 Å². The number of nitrogens with zero attached hydrogens (tertiary/aromatic N) is 1. The van der Waals surface area contributed by atoms with Crippen molar-refractivity contribution in [3.63, 3.8) is 0 Å². The molecule has 2 atom stereocenters. The van der Waals surface area contributed by atoms with E-state index in [1.807, 2.05) is 0 Å². The Morgan fingerprint density at radius 1 is 1.12 bits per heavy atom. The molecule has 1 saturated heterocycles. The van der Waals surface area contributed by atoms with E-state index in [1.165, 1.54) is 0 Å². The van der Waals surface area contributed by atoms with Gasteiger partial charge in [0.2, 0.25) is 0 Å². The highest BCUT2D eigenvalue weighted by Gasteiger charge is 2.38. The Morgan fingerprint density at radius 3 is 1.94 bits per heavy atom. The minimum Gasteiger partial charge on any atom is -0.367 e. The van der Waals surface area contributed by atoms with Crippen LogP contribution in [0, 0.1) is 5.92 Å². The van der Waals surface area contributed by atoms with Crippen molar-refractivity contribution in [2.45, 2.75) is 58.8 Å². The van der Waals surface area contributed by atoms with Crippen LogP contribution in [0.3, 0.4) is 0 Å². The molecule has 96 valence electrons. The summed E-state index contributed by atoms with van der Waals surface area (Å²) < 4.78 is 6.06. The first-order chi connectivity index (χ1) is 7.11. The zero-order chi connectivity index (χ0) is 12.6. The summed E-state index contributed by atoms with van der Waals surface area (Å²) in [6.45, 7) is 16.0. The van der Waals surface area contributed by atoms with Crippen LogP contribution in [-0.2, 0) is 4.74 Å². The van der Waals surface area contributed by atoms with Gasteiger partial charge >= 0.3 is 0 Å². The van der Waals surface area contributed by atoms with Crippen LogP contribution in [0.1, 0.15) is 41.5 Å². The van der Waals surface area contributed by atoms with Gasteiger partial charge in [-0.05, 0) is 40.5 Å². The highest BCUT2D eigenvalue weighted by atomic mass is 16.5. The van der Waals surface area contributed by atoms with Crippen molar-refractivity contribution < 1.29 is 4.74 Å². The number of hydrogen-bond acceptors (Lipinski definition) is 3. The van der Waals surface area contributed by atoms with Crippen LogP contribution in [-0.4, -0.2) is 41.8 Å². The zero-order valence-electron chi connectivity index (χ0n) is 11.7. The maximum absolute atomic E-state index is 6.06. The molecule has 0 spiro atoms. The number of hydrogen-bond donors (Lipinski definition) is 1. The van der Waals surface area contributed by atoms with E-state index in [0.717, 1.165) is 19.6 Å². The summed E-state index contributed by atoms with van der Waals surface area (Å²) in [6, 6.07) is 0.258. The van der Waals surface area contributed by atoms with Crippen molar-refractivity contribution in [2.75, 3.05) is 19.6 Å². The average Bonchev–Trinajstić information content (AvgIpc) is 1.96. The van der Waals surface area contributed by atoms with Crippen LogP contribution in [0.4, 0.5) is 0 Å². The lowest BCUT2D eigenvalue weighted by atomic mass is 9.96. The molecule has 0 saturated carbocycles. The summed E-state index contributed by atoms with van der Waals surface area (Å²) in [7, 11) is 0. The minimum absolute atomic E-state index is 0.0562. The first-order valence-electron chi connectivity index (χ1n) is 6.29. The molecule has 0 aromatic rings. The van der Waals surface area contributed by atoms with Crippen molar-refractivity contribution in [1.29, 1.82) is 0 Å². The molecule has 1 rings (SSSR count). The molecule has 1 aliphatic heterocycles. The van der Waals surface area contributed by atoms with Gasteiger partial charge in [0.1, 0.15) is 0 Å². The number of morpholine rings is 1. The third-order valence-electron chi connectivity index (χ3n) is 3.21. The van der Waals surface area contributed by atoms with E-state index in [2.05, 4.69) is 46.4 Å². The first-order valence-corrected chi connectivity index (χ1v) is 6.29. The van der Waals surface area contributed by atoms with Gasteiger partial charge in [-0.2, -0.15) is 0 Å². The van der Waals surface area contributed by atoms with E-state index >= 15 is 0 Å². The standard InChI is InChI=1S/C13H28N2O/c1-10(11(2)14)7-15-8-12(3,4)16-13(5,6)9-15/h10-11H,7-9,14H2,1-6H3. The second-order valence-electron chi connectivity index (χ2n) is 6.63. The van der Waals surface area contributed by atoms with Gasteiger partial charge in [-0.3, -0.25) is 4.90 Å². The molecule has 0 radical (unpaired) electrons. The van der Waals surface area contributed by atoms with E-state index in [0.29, 0.717) is 5.92 Å². The van der Waals surface area contributed by atoms with Gasteiger partial charge in [0.25, 0.3) is 0 Å². The molecular formula is C13H28N2O. The van der Waals surface area contributed by atoms with Gasteiger partial charge in [-0.15, -0.1) is 0 Å². The molecule has 2 N–H and O–H groups in total. The van der Waals surface area contributed by atoms with E-state index in [9.17, 15) is 0 Å². The number of nitrogens with two attached hydrogens (primary N) is 1. The van der Waals surface area contributed by atoms with Gasteiger partial charge in [0.05, 0.1) is 11.2 Å². The summed E-state index contributed by atoms with van der Waals surface area (Å²) in [5.74, 6) is 0.532. The highest BCUT2D eigenvalue weighted by molar-refractivity contribution is 4.89. The molecule has 3 nitrogen and oxygen atoms in total. The van der Waals surface area contributed by atoms with Crippen LogP contribution in [0.15, 0.2) is 0 Å². The summed E-state index contributed by atoms with van der Waals surface area (Å²) in [4.78, 5) is 2.48. The van der Waals surface area contributed by atoms with E-state index in [-0.39, 0.29) is 17.2 Å². The molecule has 0 aliphatic carbocycles. The maximum atomic E-state index is 6.06. The summed E-state index contributed by atoms with van der Waals surface area (Å²) in [6.07, 6.45) is 0. The fourth-order valence-electron chi connectivity index (χ4n) is 2.65. The largest absolute Gasteiger partial charge is 0.367 e. The third-order valence-corrected chi connectivity index (χ3v) is 3.21. The van der Waals surface area contributed by atoms with Gasteiger partial charge in [-0.1, -0.05) is 6.92 Å². The molecule has 2 unspecified atom stereocenters. The molecule has 0 bridgehead atoms. The summed E-state index contributed by atoms with van der Waals surface area (Å²) in [5.41, 5.74) is 5.82. The van der Waals surface area contributed by atoms with Crippen molar-refractivity contribution in [1.82, 2.24) is 4.90 Å². The van der Waals surface area contributed by atoms with Gasteiger partial charge in [-0.25, -0.2) is 0 Å². The summed E-state index contributed by atoms with van der Waals surface area (Å²) >= 11 is 0. The molecule has 1 heterocycles. The molecule has 0 aromatic carbocycles. The average molecular weight is 228 g/mol. The Morgan fingerprint density at radius 2 is 1.56 bits per heavy atom. The van der Waals surface area contributed by atoms with Crippen molar-refractivity contribution in [3.8, 4) is 0 Å². The normalized spacial score (nSPS) is 28.7. The number of rotatable bonds is 3. The molecule has 1 fully saturated rings. The van der Waals surface area contributed by atoms with Gasteiger partial charge < -0.3 is 10.5 Å². The Labute approximate surface area is 100 Å². The van der Waals surface area contributed by atoms with Crippen molar-refractivity contribution in [3.05, 3.63) is 0 Å². The third kappa shape index (κ3) is 4.04. The lowest BCUT2D eigenvalue weighted by Crippen LogP contribution is -2.58. The topological polar surface area (TPSA) is 38.5 Å². The van der Waals surface area contributed by atoms with Crippen LogP contribution < -0.4 is 5.73 Å². The second-order valence-corrected chi connectivity index (χ2v) is 6.63. The molecular weight excluding hydrogens is 200 g/mol. The lowest BCUT2D eigenvalue weighted by Gasteiger charge is -2.48. The molecule has 16 heavy (non-hydrogen) atoms. The second kappa shape index (κ2) is 4.63. The van der Waals surface area contributed by atoms with E-state index in [1.54, 1.807) is 0 Å². The SMILES string of the molecule is CC(N)C(C)CN1CC(C)(C)OC(C)(C)C1. The first kappa shape index (κ1) is 13.9. The molecule has 0 aromatic heterocycles. The Kier molecular flexibility index (Phi) is 4.04. The van der Waals surface area contributed by atoms with Crippen molar-refractivity contribution in [2.24, 2.45) is 11.7 Å². The Hall–Kier alpha value is -0.120.